The van der Waals surface area contributed by atoms with Gasteiger partial charge < -0.3 is 24.4 Å². The largest absolute Gasteiger partial charge is 0.497 e. The minimum absolute atomic E-state index is 0.0212. The second kappa shape index (κ2) is 14.4. The lowest BCUT2D eigenvalue weighted by Gasteiger charge is -2.35. The maximum Gasteiger partial charge on any atom is 0.350 e. The van der Waals surface area contributed by atoms with Crippen LogP contribution >= 0.6 is 0 Å². The maximum atomic E-state index is 14.5. The molecule has 1 aromatic heterocycles. The Labute approximate surface area is 312 Å². The van der Waals surface area contributed by atoms with Crippen LogP contribution in [0.15, 0.2) is 36.9 Å². The van der Waals surface area contributed by atoms with Crippen LogP contribution in [-0.2, 0) is 43.5 Å². The molecule has 4 fully saturated rings. The van der Waals surface area contributed by atoms with E-state index in [0.717, 1.165) is 0 Å². The molecule has 3 saturated carbocycles. The topological polar surface area (TPSA) is 230 Å². The van der Waals surface area contributed by atoms with Gasteiger partial charge in [0.2, 0.25) is 33.3 Å². The summed E-state index contributed by atoms with van der Waals surface area (Å²) < 4.78 is 42.9. The third-order valence-electron chi connectivity index (χ3n) is 10.4. The van der Waals surface area contributed by atoms with E-state index >= 15 is 0 Å². The molecule has 2 heterocycles. The third kappa shape index (κ3) is 7.82. The highest BCUT2D eigenvalue weighted by molar-refractivity contribution is 7.91. The molecule has 3 aliphatic carbocycles. The number of aromatic nitrogens is 4. The van der Waals surface area contributed by atoms with Gasteiger partial charge in [-0.3, -0.25) is 29.2 Å². The number of carbonyl (C=O) groups is 5. The van der Waals surface area contributed by atoms with Crippen molar-refractivity contribution in [3.05, 3.63) is 36.9 Å². The number of benzene rings is 1. The molecule has 5 atom stereocenters. The molecule has 1 saturated heterocycles. The summed E-state index contributed by atoms with van der Waals surface area (Å²) in [6.07, 6.45) is 3.16. The summed E-state index contributed by atoms with van der Waals surface area (Å²) >= 11 is 0. The summed E-state index contributed by atoms with van der Waals surface area (Å²) in [6, 6.07) is 4.19. The van der Waals surface area contributed by atoms with E-state index in [2.05, 4.69) is 37.3 Å². The van der Waals surface area contributed by atoms with Crippen LogP contribution in [0.25, 0.3) is 11.4 Å². The summed E-state index contributed by atoms with van der Waals surface area (Å²) in [5.41, 5.74) is -3.05. The molecular formula is C35H46N8O10S. The average Bonchev–Trinajstić information content (AvgIpc) is 4.09. The van der Waals surface area contributed by atoms with Crippen LogP contribution in [-0.4, -0.2) is 119 Å². The highest BCUT2D eigenvalue weighted by atomic mass is 32.2. The van der Waals surface area contributed by atoms with Crippen molar-refractivity contribution < 1.29 is 46.6 Å². The van der Waals surface area contributed by atoms with E-state index in [0.29, 0.717) is 42.8 Å². The number of tetrazole rings is 1. The lowest BCUT2D eigenvalue weighted by molar-refractivity contribution is -0.169. The fourth-order valence-electron chi connectivity index (χ4n) is 6.74. The highest BCUT2D eigenvalue weighted by Gasteiger charge is 2.62. The number of ether oxygens (including phenoxy) is 3. The number of hydrogen-bond donors (Lipinski definition) is 3. The van der Waals surface area contributed by atoms with E-state index in [1.807, 2.05) is 0 Å². The Morgan fingerprint density at radius 2 is 1.78 bits per heavy atom. The molecule has 6 rings (SSSR count). The van der Waals surface area contributed by atoms with Crippen LogP contribution in [0, 0.1) is 11.3 Å². The van der Waals surface area contributed by atoms with Gasteiger partial charge in [0.25, 0.3) is 5.91 Å². The Hall–Kier alpha value is -4.91. The molecule has 292 valence electrons. The Balaban J connectivity index is 1.25. The molecule has 1 aromatic carbocycles. The summed E-state index contributed by atoms with van der Waals surface area (Å²) in [5, 5.41) is 18.1. The van der Waals surface area contributed by atoms with Crippen LogP contribution in [0.1, 0.15) is 65.3 Å². The zero-order valence-corrected chi connectivity index (χ0v) is 31.7. The summed E-state index contributed by atoms with van der Waals surface area (Å²) in [7, 11) is -1.16. The number of amides is 3. The van der Waals surface area contributed by atoms with Crippen molar-refractivity contribution in [2.45, 2.75) is 93.8 Å². The molecule has 19 heteroatoms. The molecule has 3 amide bonds. The number of nitrogens with zero attached hydrogens (tertiary/aromatic N) is 5. The van der Waals surface area contributed by atoms with E-state index in [1.54, 1.807) is 52.1 Å². The predicted octanol–water partition coefficient (Wildman–Crippen LogP) is 0.413. The van der Waals surface area contributed by atoms with E-state index in [1.165, 1.54) is 22.9 Å². The highest BCUT2D eigenvalue weighted by Crippen LogP contribution is 2.46. The van der Waals surface area contributed by atoms with Crippen LogP contribution in [0.3, 0.4) is 0 Å². The van der Waals surface area contributed by atoms with Crippen molar-refractivity contribution >= 4 is 39.7 Å². The lowest BCUT2D eigenvalue weighted by atomic mass is 9.85. The van der Waals surface area contributed by atoms with E-state index in [-0.39, 0.29) is 19.4 Å². The Morgan fingerprint density at radius 3 is 2.33 bits per heavy atom. The zero-order valence-electron chi connectivity index (χ0n) is 30.9. The number of rotatable bonds is 15. The van der Waals surface area contributed by atoms with Crippen molar-refractivity contribution in [3.63, 3.8) is 0 Å². The molecule has 3 N–H and O–H groups in total. The van der Waals surface area contributed by atoms with Crippen molar-refractivity contribution in [2.75, 3.05) is 27.3 Å². The standard InChI is InChI=1S/C35H46N8O10S/c1-7-21-17-35(21,31(47)40-54(49,50)24-12-13-24)37-29(45)25-16-22(43-39-28(38-41-43)20-8-10-23(51-5)11-9-20)19-42(25)30(46)27(33(2,3)4)36-18-26(44)53-34(14-15-34)32(48)52-6/h7-11,21-22,24-25,27,36H,1,12-19H2,2-6H3,(H,37,45)(H,40,47)/t21-,22-,25+,27-,35-/m1/s1. The third-order valence-corrected chi connectivity index (χ3v) is 12.2. The van der Waals surface area contributed by atoms with Gasteiger partial charge in [-0.1, -0.05) is 26.8 Å². The number of nitrogens with one attached hydrogen (secondary N) is 3. The van der Waals surface area contributed by atoms with E-state index in [9.17, 15) is 32.4 Å². The van der Waals surface area contributed by atoms with Gasteiger partial charge in [-0.05, 0) is 54.2 Å². The molecule has 2 aromatic rings. The molecule has 18 nitrogen and oxygen atoms in total. The summed E-state index contributed by atoms with van der Waals surface area (Å²) in [4.78, 5) is 70.0. The van der Waals surface area contributed by atoms with Crippen molar-refractivity contribution in [1.29, 1.82) is 0 Å². The van der Waals surface area contributed by atoms with Gasteiger partial charge in [-0.25, -0.2) is 13.2 Å². The van der Waals surface area contributed by atoms with E-state index < -0.39 is 92.1 Å². The minimum Gasteiger partial charge on any atom is -0.497 e. The minimum atomic E-state index is -3.92. The Morgan fingerprint density at radius 1 is 1.09 bits per heavy atom. The second-order valence-corrected chi connectivity index (χ2v) is 17.3. The van der Waals surface area contributed by atoms with Crippen molar-refractivity contribution in [3.8, 4) is 17.1 Å². The van der Waals surface area contributed by atoms with Gasteiger partial charge >= 0.3 is 11.9 Å². The molecule has 54 heavy (non-hydrogen) atoms. The Kier molecular flexibility index (Phi) is 10.3. The first-order chi connectivity index (χ1) is 25.5. The molecule has 1 aliphatic heterocycles. The van der Waals surface area contributed by atoms with Gasteiger partial charge in [0.15, 0.2) is 0 Å². The smallest absolute Gasteiger partial charge is 0.350 e. The lowest BCUT2D eigenvalue weighted by Crippen LogP contribution is -2.60. The maximum absolute atomic E-state index is 14.5. The van der Waals surface area contributed by atoms with Gasteiger partial charge in [0.05, 0.1) is 38.1 Å². The number of methoxy groups -OCH3 is 2. The number of sulfonamides is 1. The number of esters is 2. The second-order valence-electron chi connectivity index (χ2n) is 15.4. The van der Waals surface area contributed by atoms with E-state index in [4.69, 9.17) is 14.2 Å². The fraction of sp³-hybridized carbons (Fsp3) is 0.600. The number of carbonyl (C=O) groups excluding carboxylic acids is 5. The molecule has 4 aliphatic rings. The first-order valence-corrected chi connectivity index (χ1v) is 19.3. The normalized spacial score (nSPS) is 24.8. The van der Waals surface area contributed by atoms with Crippen molar-refractivity contribution in [2.24, 2.45) is 11.3 Å². The summed E-state index contributed by atoms with van der Waals surface area (Å²) in [5.74, 6) is -3.11. The number of likely N-dealkylation sites (tertiary alicyclic amines) is 1. The Bertz CT molecular complexity index is 1940. The van der Waals surface area contributed by atoms with Gasteiger partial charge in [-0.15, -0.1) is 16.8 Å². The van der Waals surface area contributed by atoms with Gasteiger partial charge in [-0.2, -0.15) is 4.80 Å². The SMILES string of the molecule is C=C[C@@H]1C[C@]1(NC(=O)[C@@H]1C[C@@H](n2nnc(-c3ccc(OC)cc3)n2)CN1C(=O)[C@@H](NCC(=O)OC1(C(=O)OC)CC1)C(C)(C)C)C(=O)NS(=O)(=O)C1CC1. The molecule has 0 spiro atoms. The first kappa shape index (κ1) is 38.8. The van der Waals surface area contributed by atoms with Crippen LogP contribution < -0.4 is 20.1 Å². The summed E-state index contributed by atoms with van der Waals surface area (Å²) in [6.45, 7) is 8.64. The molecule has 0 radical (unpaired) electrons. The number of hydrogen-bond acceptors (Lipinski definition) is 14. The fourth-order valence-corrected chi connectivity index (χ4v) is 8.11. The molecule has 0 unspecified atom stereocenters. The van der Waals surface area contributed by atoms with Gasteiger partial charge in [0, 0.05) is 37.3 Å². The van der Waals surface area contributed by atoms with Gasteiger partial charge in [0.1, 0.15) is 17.3 Å². The molecular weight excluding hydrogens is 724 g/mol. The average molecular weight is 771 g/mol. The van der Waals surface area contributed by atoms with Crippen molar-refractivity contribution in [1.82, 2.24) is 40.5 Å². The van der Waals surface area contributed by atoms with Crippen LogP contribution in [0.4, 0.5) is 0 Å². The monoisotopic (exact) mass is 770 g/mol. The predicted molar refractivity (Wildman–Crippen MR) is 190 cm³/mol. The van der Waals surface area contributed by atoms with Crippen LogP contribution in [0.2, 0.25) is 0 Å². The quantitative estimate of drug-likeness (QED) is 0.165. The first-order valence-electron chi connectivity index (χ1n) is 17.8. The van der Waals surface area contributed by atoms with Crippen LogP contribution in [0.5, 0.6) is 5.75 Å². The molecule has 0 bridgehead atoms. The zero-order chi connectivity index (χ0) is 39.2.